The lowest BCUT2D eigenvalue weighted by atomic mass is 10.1. The molecule has 6 nitrogen and oxygen atoms in total. The Balaban J connectivity index is 2.29. The molecule has 0 radical (unpaired) electrons. The lowest BCUT2D eigenvalue weighted by Crippen LogP contribution is -2.37. The number of aliphatic carboxylic acids is 1. The van der Waals surface area contributed by atoms with Gasteiger partial charge in [-0.3, -0.25) is 4.79 Å². The Kier molecular flexibility index (Phi) is 4.41. The summed E-state index contributed by atoms with van der Waals surface area (Å²) >= 11 is 0. The Hall–Kier alpha value is -1.76. The van der Waals surface area contributed by atoms with Crippen molar-refractivity contribution >= 4 is 21.5 Å². The van der Waals surface area contributed by atoms with Gasteiger partial charge < -0.3 is 14.7 Å². The van der Waals surface area contributed by atoms with Crippen molar-refractivity contribution in [3.8, 4) is 5.75 Å². The van der Waals surface area contributed by atoms with Gasteiger partial charge in [0, 0.05) is 7.05 Å². The minimum atomic E-state index is -3.59. The number of likely N-dealkylation sites (N-methyl/N-ethyl adjacent to an activating group) is 1. The van der Waals surface area contributed by atoms with Crippen LogP contribution in [0.4, 0.5) is 5.69 Å². The van der Waals surface area contributed by atoms with E-state index >= 15 is 0 Å². The van der Waals surface area contributed by atoms with Gasteiger partial charge in [-0.2, -0.15) is 0 Å². The number of carboxylic acid groups (broad SMARTS) is 1. The number of benzene rings is 1. The molecule has 1 heterocycles. The molecule has 1 atom stereocenters. The molecule has 0 saturated carbocycles. The van der Waals surface area contributed by atoms with Gasteiger partial charge >= 0.3 is 5.97 Å². The van der Waals surface area contributed by atoms with E-state index in [0.29, 0.717) is 12.3 Å². The van der Waals surface area contributed by atoms with E-state index in [9.17, 15) is 13.2 Å². The van der Waals surface area contributed by atoms with E-state index in [1.54, 1.807) is 12.1 Å². The van der Waals surface area contributed by atoms with Crippen LogP contribution in [0, 0.1) is 0 Å². The van der Waals surface area contributed by atoms with E-state index in [1.807, 2.05) is 18.9 Å². The average Bonchev–Trinajstić information content (AvgIpc) is 2.44. The van der Waals surface area contributed by atoms with Gasteiger partial charge in [0.2, 0.25) is 0 Å². The predicted molar refractivity (Wildman–Crippen MR) is 78.7 cm³/mol. The molecule has 21 heavy (non-hydrogen) atoms. The quantitative estimate of drug-likeness (QED) is 0.888. The molecular weight excluding hydrogens is 294 g/mol. The summed E-state index contributed by atoms with van der Waals surface area (Å²) < 4.78 is 30.0. The summed E-state index contributed by atoms with van der Waals surface area (Å²) in [5.74, 6) is -0.862. The van der Waals surface area contributed by atoms with Crippen molar-refractivity contribution < 1.29 is 23.1 Å². The van der Waals surface area contributed by atoms with Gasteiger partial charge in [-0.25, -0.2) is 8.42 Å². The van der Waals surface area contributed by atoms with E-state index < -0.39 is 28.0 Å². The molecule has 0 aromatic heterocycles. The zero-order valence-electron chi connectivity index (χ0n) is 12.1. The highest BCUT2D eigenvalue weighted by molar-refractivity contribution is 7.91. The van der Waals surface area contributed by atoms with E-state index in [2.05, 4.69) is 0 Å². The third-order valence-electron chi connectivity index (χ3n) is 3.51. The first-order valence-electron chi connectivity index (χ1n) is 6.80. The minimum absolute atomic E-state index is 0.0944. The lowest BCUT2D eigenvalue weighted by molar-refractivity contribution is -0.136. The molecule has 1 aromatic carbocycles. The Morgan fingerprint density at radius 2 is 2.19 bits per heavy atom. The maximum absolute atomic E-state index is 12.1. The summed E-state index contributed by atoms with van der Waals surface area (Å²) in [6.45, 7) is 2.73. The first kappa shape index (κ1) is 15.6. The standard InChI is InChI=1S/C14H19NO5S/c1-3-10-9-15(2)12-8-11(4-5-13(12)20-10)21(18,19)7-6-14(16)17/h4-5,8,10H,3,6-7,9H2,1-2H3,(H,16,17). The monoisotopic (exact) mass is 313 g/mol. The normalized spacial score (nSPS) is 18.0. The molecule has 1 unspecified atom stereocenters. The summed E-state index contributed by atoms with van der Waals surface area (Å²) in [6.07, 6.45) is 0.573. The van der Waals surface area contributed by atoms with Crippen LogP contribution in [-0.2, 0) is 14.6 Å². The van der Waals surface area contributed by atoms with Gasteiger partial charge in [-0.1, -0.05) is 6.92 Å². The molecule has 0 amide bonds. The van der Waals surface area contributed by atoms with Crippen molar-refractivity contribution in [3.63, 3.8) is 0 Å². The highest BCUT2D eigenvalue weighted by Gasteiger charge is 2.25. The second kappa shape index (κ2) is 5.93. The number of fused-ring (bicyclic) bond motifs is 1. The topological polar surface area (TPSA) is 83.9 Å². The maximum Gasteiger partial charge on any atom is 0.304 e. The fourth-order valence-electron chi connectivity index (χ4n) is 2.26. The largest absolute Gasteiger partial charge is 0.486 e. The first-order chi connectivity index (χ1) is 9.83. The Bertz CT molecular complexity index is 641. The van der Waals surface area contributed by atoms with Crippen LogP contribution in [-0.4, -0.2) is 44.9 Å². The SMILES string of the molecule is CCC1CN(C)c2cc(S(=O)(=O)CCC(=O)O)ccc2O1. The number of sulfone groups is 1. The number of ether oxygens (including phenoxy) is 1. The predicted octanol–water partition coefficient (Wildman–Crippen LogP) is 1.54. The van der Waals surface area contributed by atoms with Crippen LogP contribution in [0.2, 0.25) is 0 Å². The number of anilines is 1. The highest BCUT2D eigenvalue weighted by Crippen LogP contribution is 2.35. The van der Waals surface area contributed by atoms with Gasteiger partial charge in [0.1, 0.15) is 11.9 Å². The summed E-state index contributed by atoms with van der Waals surface area (Å²) in [6, 6.07) is 4.67. The number of hydrogen-bond acceptors (Lipinski definition) is 5. The average molecular weight is 313 g/mol. The molecule has 1 aromatic rings. The van der Waals surface area contributed by atoms with E-state index in [0.717, 1.165) is 12.1 Å². The molecule has 1 N–H and O–H groups in total. The fourth-order valence-corrected chi connectivity index (χ4v) is 3.51. The first-order valence-corrected chi connectivity index (χ1v) is 8.45. The zero-order valence-corrected chi connectivity index (χ0v) is 12.9. The zero-order chi connectivity index (χ0) is 15.6. The van der Waals surface area contributed by atoms with Crippen LogP contribution in [0.25, 0.3) is 0 Å². The van der Waals surface area contributed by atoms with Crippen LogP contribution >= 0.6 is 0 Å². The van der Waals surface area contributed by atoms with Crippen molar-refractivity contribution in [2.24, 2.45) is 0 Å². The number of rotatable bonds is 5. The fraction of sp³-hybridized carbons (Fsp3) is 0.500. The summed E-state index contributed by atoms with van der Waals surface area (Å²) in [7, 11) is -1.71. The molecule has 0 aliphatic carbocycles. The van der Waals surface area contributed by atoms with Crippen molar-refractivity contribution in [1.82, 2.24) is 0 Å². The molecular formula is C14H19NO5S. The summed E-state index contributed by atoms with van der Waals surface area (Å²) in [4.78, 5) is 12.6. The van der Waals surface area contributed by atoms with Gasteiger partial charge in [-0.15, -0.1) is 0 Å². The number of carbonyl (C=O) groups is 1. The molecule has 116 valence electrons. The second-order valence-electron chi connectivity index (χ2n) is 5.12. The smallest absolute Gasteiger partial charge is 0.304 e. The lowest BCUT2D eigenvalue weighted by Gasteiger charge is -2.33. The van der Waals surface area contributed by atoms with Crippen LogP contribution in [0.1, 0.15) is 19.8 Å². The van der Waals surface area contributed by atoms with Gasteiger partial charge in [-0.05, 0) is 24.6 Å². The summed E-state index contributed by atoms with van der Waals surface area (Å²) in [5, 5.41) is 8.62. The van der Waals surface area contributed by atoms with E-state index in [-0.39, 0.29) is 11.0 Å². The van der Waals surface area contributed by atoms with Crippen LogP contribution in [0.3, 0.4) is 0 Å². The van der Waals surface area contributed by atoms with E-state index in [4.69, 9.17) is 9.84 Å². The molecule has 0 spiro atoms. The Morgan fingerprint density at radius 3 is 2.81 bits per heavy atom. The van der Waals surface area contributed by atoms with Crippen molar-refractivity contribution in [3.05, 3.63) is 18.2 Å². The molecule has 2 rings (SSSR count). The maximum atomic E-state index is 12.1. The second-order valence-corrected chi connectivity index (χ2v) is 7.23. The third kappa shape index (κ3) is 3.47. The van der Waals surface area contributed by atoms with Crippen LogP contribution < -0.4 is 9.64 Å². The van der Waals surface area contributed by atoms with Crippen molar-refractivity contribution in [2.45, 2.75) is 30.8 Å². The molecule has 1 aliphatic heterocycles. The van der Waals surface area contributed by atoms with E-state index in [1.165, 1.54) is 6.07 Å². The Morgan fingerprint density at radius 1 is 1.48 bits per heavy atom. The van der Waals surface area contributed by atoms with Crippen LogP contribution in [0.15, 0.2) is 23.1 Å². The van der Waals surface area contributed by atoms with Gasteiger partial charge in [0.05, 0.1) is 29.3 Å². The number of nitrogens with zero attached hydrogens (tertiary/aromatic N) is 1. The van der Waals surface area contributed by atoms with Gasteiger partial charge in [0.25, 0.3) is 0 Å². The van der Waals surface area contributed by atoms with Crippen molar-refractivity contribution in [2.75, 3.05) is 24.2 Å². The summed E-state index contributed by atoms with van der Waals surface area (Å²) in [5.41, 5.74) is 0.719. The van der Waals surface area contributed by atoms with Crippen molar-refractivity contribution in [1.29, 1.82) is 0 Å². The van der Waals surface area contributed by atoms with Gasteiger partial charge in [0.15, 0.2) is 9.84 Å². The number of carboxylic acids is 1. The highest BCUT2D eigenvalue weighted by atomic mass is 32.2. The molecule has 0 fully saturated rings. The molecule has 1 aliphatic rings. The van der Waals surface area contributed by atoms with Crippen LogP contribution in [0.5, 0.6) is 5.75 Å². The molecule has 7 heteroatoms. The Labute approximate surface area is 124 Å². The molecule has 0 bridgehead atoms. The molecule has 0 saturated heterocycles. The third-order valence-corrected chi connectivity index (χ3v) is 5.23. The minimum Gasteiger partial charge on any atom is -0.486 e. The number of hydrogen-bond donors (Lipinski definition) is 1.